The molecule has 1 aliphatic heterocycles. The van der Waals surface area contributed by atoms with Gasteiger partial charge < -0.3 is 4.74 Å². The Morgan fingerprint density at radius 1 is 1.35 bits per heavy atom. The highest BCUT2D eigenvalue weighted by Crippen LogP contribution is 2.39. The second-order valence-corrected chi connectivity index (χ2v) is 6.34. The van der Waals surface area contributed by atoms with Crippen LogP contribution in [0.4, 0.5) is 5.69 Å². The van der Waals surface area contributed by atoms with Crippen molar-refractivity contribution in [1.29, 1.82) is 0 Å². The predicted molar refractivity (Wildman–Crippen MR) is 91.7 cm³/mol. The molecule has 0 aliphatic carbocycles. The van der Waals surface area contributed by atoms with Gasteiger partial charge in [0.1, 0.15) is 5.75 Å². The number of pyridine rings is 1. The molecule has 2 heterocycles. The molecule has 1 aliphatic rings. The Labute approximate surface area is 140 Å². The van der Waals surface area contributed by atoms with E-state index in [1.54, 1.807) is 37.1 Å². The summed E-state index contributed by atoms with van der Waals surface area (Å²) in [6, 6.07) is 9.24. The van der Waals surface area contributed by atoms with Gasteiger partial charge in [0, 0.05) is 6.20 Å². The summed E-state index contributed by atoms with van der Waals surface area (Å²) in [5.41, 5.74) is 1.51. The van der Waals surface area contributed by atoms with Crippen LogP contribution in [-0.4, -0.2) is 16.5 Å². The van der Waals surface area contributed by atoms with E-state index in [4.69, 9.17) is 16.3 Å². The van der Waals surface area contributed by atoms with Crippen molar-refractivity contribution >= 4 is 29.3 Å². The summed E-state index contributed by atoms with van der Waals surface area (Å²) in [6.07, 6.45) is 3.33. The van der Waals surface area contributed by atoms with E-state index in [2.05, 4.69) is 11.6 Å². The van der Waals surface area contributed by atoms with E-state index in [1.807, 2.05) is 24.3 Å². The third-order valence-electron chi connectivity index (χ3n) is 3.74. The molecule has 0 fully saturated rings. The number of hydrogen-bond donors (Lipinski definition) is 0. The standard InChI is InChI=1S/C18H17ClN2O2/c1-4-12-5-8-15-16(9-12)23-18(2,3)17(22)21(15)11-14-7-6-13(19)10-20-14/h4-10H,1,11H2,2-3H3. The molecule has 23 heavy (non-hydrogen) atoms. The Hall–Kier alpha value is -2.33. The lowest BCUT2D eigenvalue weighted by Crippen LogP contribution is -2.52. The predicted octanol–water partition coefficient (Wildman–Crippen LogP) is 4.08. The topological polar surface area (TPSA) is 42.4 Å². The minimum absolute atomic E-state index is 0.104. The van der Waals surface area contributed by atoms with E-state index in [1.165, 1.54) is 0 Å². The molecule has 0 bridgehead atoms. The summed E-state index contributed by atoms with van der Waals surface area (Å²) < 4.78 is 5.88. The van der Waals surface area contributed by atoms with E-state index in [-0.39, 0.29) is 5.91 Å². The van der Waals surface area contributed by atoms with Gasteiger partial charge in [0.25, 0.3) is 5.91 Å². The number of rotatable bonds is 3. The first-order valence-electron chi connectivity index (χ1n) is 7.28. The third-order valence-corrected chi connectivity index (χ3v) is 3.97. The zero-order valence-electron chi connectivity index (χ0n) is 13.0. The van der Waals surface area contributed by atoms with Crippen LogP contribution in [0.25, 0.3) is 6.08 Å². The van der Waals surface area contributed by atoms with Gasteiger partial charge in [-0.15, -0.1) is 0 Å². The minimum atomic E-state index is -0.931. The van der Waals surface area contributed by atoms with Crippen LogP contribution in [0, 0.1) is 0 Å². The summed E-state index contributed by atoms with van der Waals surface area (Å²) in [5.74, 6) is 0.564. The Morgan fingerprint density at radius 3 is 2.78 bits per heavy atom. The lowest BCUT2D eigenvalue weighted by Gasteiger charge is -2.38. The van der Waals surface area contributed by atoms with Crippen LogP contribution < -0.4 is 9.64 Å². The fraction of sp³-hybridized carbons (Fsp3) is 0.222. The van der Waals surface area contributed by atoms with E-state index in [0.717, 1.165) is 16.9 Å². The Kier molecular flexibility index (Phi) is 3.86. The monoisotopic (exact) mass is 328 g/mol. The van der Waals surface area contributed by atoms with Crippen LogP contribution in [-0.2, 0) is 11.3 Å². The quantitative estimate of drug-likeness (QED) is 0.852. The maximum atomic E-state index is 12.8. The maximum absolute atomic E-state index is 12.8. The van der Waals surface area contributed by atoms with Crippen molar-refractivity contribution < 1.29 is 9.53 Å². The summed E-state index contributed by atoms with van der Waals surface area (Å²) in [5, 5.41) is 0.568. The van der Waals surface area contributed by atoms with Gasteiger partial charge in [-0.05, 0) is 43.7 Å². The van der Waals surface area contributed by atoms with Crippen molar-refractivity contribution in [2.45, 2.75) is 26.0 Å². The van der Waals surface area contributed by atoms with Crippen molar-refractivity contribution in [3.8, 4) is 5.75 Å². The van der Waals surface area contributed by atoms with Crippen LogP contribution >= 0.6 is 11.6 Å². The zero-order chi connectivity index (χ0) is 16.6. The van der Waals surface area contributed by atoms with Gasteiger partial charge in [-0.3, -0.25) is 14.7 Å². The second kappa shape index (κ2) is 5.70. The lowest BCUT2D eigenvalue weighted by atomic mass is 10.0. The van der Waals surface area contributed by atoms with Gasteiger partial charge in [-0.2, -0.15) is 0 Å². The first-order valence-corrected chi connectivity index (χ1v) is 7.66. The highest BCUT2D eigenvalue weighted by Gasteiger charge is 2.41. The molecule has 0 radical (unpaired) electrons. The van der Waals surface area contributed by atoms with E-state index >= 15 is 0 Å². The summed E-state index contributed by atoms with van der Waals surface area (Å²) >= 11 is 5.87. The number of halogens is 1. The van der Waals surface area contributed by atoms with E-state index in [9.17, 15) is 4.79 Å². The fourth-order valence-electron chi connectivity index (χ4n) is 2.53. The molecule has 1 amide bonds. The van der Waals surface area contributed by atoms with Gasteiger partial charge in [0.2, 0.25) is 0 Å². The number of hydrogen-bond acceptors (Lipinski definition) is 3. The molecule has 0 N–H and O–H groups in total. The number of fused-ring (bicyclic) bond motifs is 1. The average Bonchev–Trinajstić information content (AvgIpc) is 2.52. The third kappa shape index (κ3) is 2.94. The number of carbonyl (C=O) groups excluding carboxylic acids is 1. The van der Waals surface area contributed by atoms with Gasteiger partial charge in [-0.25, -0.2) is 0 Å². The van der Waals surface area contributed by atoms with Crippen molar-refractivity contribution in [1.82, 2.24) is 4.98 Å². The van der Waals surface area contributed by atoms with Crippen molar-refractivity contribution in [3.05, 3.63) is 59.4 Å². The molecule has 2 aromatic rings. The molecule has 5 heteroatoms. The number of anilines is 1. The van der Waals surface area contributed by atoms with Crippen LogP contribution in [0.1, 0.15) is 25.1 Å². The Morgan fingerprint density at radius 2 is 2.13 bits per heavy atom. The normalized spacial score (nSPS) is 15.8. The molecule has 0 atom stereocenters. The minimum Gasteiger partial charge on any atom is -0.476 e. The number of amides is 1. The van der Waals surface area contributed by atoms with Gasteiger partial charge in [-0.1, -0.05) is 30.3 Å². The maximum Gasteiger partial charge on any atom is 0.271 e. The van der Waals surface area contributed by atoms with E-state index < -0.39 is 5.60 Å². The average molecular weight is 329 g/mol. The first-order chi connectivity index (χ1) is 10.9. The molecule has 0 unspecified atom stereocenters. The number of ether oxygens (including phenoxy) is 1. The molecule has 1 aromatic heterocycles. The van der Waals surface area contributed by atoms with Crippen LogP contribution in [0.15, 0.2) is 43.1 Å². The Bertz CT molecular complexity index is 769. The smallest absolute Gasteiger partial charge is 0.271 e. The van der Waals surface area contributed by atoms with Gasteiger partial charge in [0.15, 0.2) is 5.60 Å². The van der Waals surface area contributed by atoms with Crippen LogP contribution in [0.2, 0.25) is 5.02 Å². The van der Waals surface area contributed by atoms with Crippen molar-refractivity contribution in [3.63, 3.8) is 0 Å². The van der Waals surface area contributed by atoms with E-state index in [0.29, 0.717) is 17.3 Å². The van der Waals surface area contributed by atoms with Crippen molar-refractivity contribution in [2.24, 2.45) is 0 Å². The number of nitrogens with zero attached hydrogens (tertiary/aromatic N) is 2. The van der Waals surface area contributed by atoms with Gasteiger partial charge >= 0.3 is 0 Å². The molecule has 118 valence electrons. The van der Waals surface area contributed by atoms with Gasteiger partial charge in [0.05, 0.1) is 22.9 Å². The van der Waals surface area contributed by atoms with Crippen LogP contribution in [0.5, 0.6) is 5.75 Å². The molecule has 1 aromatic carbocycles. The number of aromatic nitrogens is 1. The molecule has 4 nitrogen and oxygen atoms in total. The molecule has 0 saturated heterocycles. The number of carbonyl (C=O) groups is 1. The Balaban J connectivity index is 2.02. The molecule has 3 rings (SSSR count). The number of benzene rings is 1. The summed E-state index contributed by atoms with van der Waals surface area (Å²) in [4.78, 5) is 18.7. The summed E-state index contributed by atoms with van der Waals surface area (Å²) in [7, 11) is 0. The lowest BCUT2D eigenvalue weighted by molar-refractivity contribution is -0.132. The fourth-order valence-corrected chi connectivity index (χ4v) is 2.65. The molecular weight excluding hydrogens is 312 g/mol. The first kappa shape index (κ1) is 15.6. The largest absolute Gasteiger partial charge is 0.476 e. The molecule has 0 saturated carbocycles. The highest BCUT2D eigenvalue weighted by molar-refractivity contribution is 6.30. The van der Waals surface area contributed by atoms with Crippen LogP contribution in [0.3, 0.4) is 0 Å². The molecule has 0 spiro atoms. The second-order valence-electron chi connectivity index (χ2n) is 5.90. The summed E-state index contributed by atoms with van der Waals surface area (Å²) in [6.45, 7) is 7.66. The zero-order valence-corrected chi connectivity index (χ0v) is 13.8. The highest BCUT2D eigenvalue weighted by atomic mass is 35.5. The molecular formula is C18H17ClN2O2. The van der Waals surface area contributed by atoms with Crippen molar-refractivity contribution in [2.75, 3.05) is 4.90 Å². The SMILES string of the molecule is C=Cc1ccc2c(c1)OC(C)(C)C(=O)N2Cc1ccc(Cl)cn1.